The molecule has 6 bridgehead atoms. The number of aromatic nitrogens is 2. The van der Waals surface area contributed by atoms with E-state index in [1.165, 1.54) is 6.07 Å². The van der Waals surface area contributed by atoms with Crippen LogP contribution < -0.4 is 9.64 Å². The average molecular weight is 690 g/mol. The predicted octanol–water partition coefficient (Wildman–Crippen LogP) is 9.08. The summed E-state index contributed by atoms with van der Waals surface area (Å²) in [6.45, 7) is 15.6. The molecule has 8 nitrogen and oxygen atoms in total. The molecule has 0 radical (unpaired) electrons. The first-order valence-electron chi connectivity index (χ1n) is 17.8. The number of nitrogens with zero attached hydrogens (tertiary/aromatic N) is 3. The van der Waals surface area contributed by atoms with Crippen molar-refractivity contribution in [1.29, 1.82) is 0 Å². The molecule has 268 valence electrons. The Morgan fingerprint density at radius 2 is 1.82 bits per heavy atom. The minimum Gasteiger partial charge on any atom is -0.490 e. The van der Waals surface area contributed by atoms with Crippen molar-refractivity contribution in [2.75, 3.05) is 24.6 Å². The van der Waals surface area contributed by atoms with Crippen molar-refractivity contribution >= 4 is 17.4 Å². The maximum atomic E-state index is 14.7. The summed E-state index contributed by atoms with van der Waals surface area (Å²) in [6, 6.07) is 9.89. The van der Waals surface area contributed by atoms with Gasteiger partial charge in [0.2, 0.25) is 0 Å². The SMILES string of the molecule is CCc1c(C)c(C(OC(C)(C)C)C(=O)O)c2n3cc(nc13)-c1cccc(c1)-c1cc(F)c(F)cc1OC(C)CCCCOC1(C)CCN2CC1. The van der Waals surface area contributed by atoms with Crippen LogP contribution in [0.4, 0.5) is 14.6 Å². The highest BCUT2D eigenvalue weighted by atomic mass is 19.2. The van der Waals surface area contributed by atoms with E-state index in [-0.39, 0.29) is 17.5 Å². The smallest absolute Gasteiger partial charge is 0.337 e. The summed E-state index contributed by atoms with van der Waals surface area (Å²) in [6.07, 6.45) is 5.11. The normalized spacial score (nSPS) is 20.8. The number of hydrogen-bond donors (Lipinski definition) is 1. The number of pyridine rings is 1. The van der Waals surface area contributed by atoms with E-state index in [2.05, 4.69) is 11.8 Å². The molecule has 1 N–H and O–H groups in total. The van der Waals surface area contributed by atoms with E-state index < -0.39 is 29.3 Å². The Bertz CT molecular complexity index is 1890. The summed E-state index contributed by atoms with van der Waals surface area (Å²) < 4.78 is 50.4. The Balaban J connectivity index is 1.59. The van der Waals surface area contributed by atoms with Crippen LogP contribution in [0.25, 0.3) is 28.0 Å². The van der Waals surface area contributed by atoms with Gasteiger partial charge in [-0.05, 0) is 109 Å². The summed E-state index contributed by atoms with van der Waals surface area (Å²) in [5.41, 5.74) is 4.66. The lowest BCUT2D eigenvalue weighted by molar-refractivity contribution is -0.160. The highest BCUT2D eigenvalue weighted by Gasteiger charge is 2.38. The molecular formula is C40H49F2N3O5. The van der Waals surface area contributed by atoms with Gasteiger partial charge in [-0.2, -0.15) is 0 Å². The van der Waals surface area contributed by atoms with Crippen LogP contribution in [-0.2, 0) is 20.7 Å². The number of anilines is 1. The number of aryl methyl sites for hydroxylation is 1. The molecule has 7 rings (SSSR count). The largest absolute Gasteiger partial charge is 0.490 e. The second-order valence-electron chi connectivity index (χ2n) is 15.0. The van der Waals surface area contributed by atoms with E-state index >= 15 is 0 Å². The standard InChI is InChI=1S/C40H49F2N3O5/c1-8-28-25(3)34(35(38(46)47)50-39(4,5)6)37-44-17-15-40(7,16-18-44)48-19-10-9-12-24(2)49-33-22-31(42)30(41)21-29(33)26-13-11-14-27(20-26)32-23-45(37)36(28)43-32/h11,13-14,20-24,35H,8-10,12,15-19H2,1-7H3,(H,46,47). The molecule has 0 spiro atoms. The van der Waals surface area contributed by atoms with Gasteiger partial charge in [0.25, 0.3) is 0 Å². The molecule has 5 heterocycles. The molecule has 2 aromatic carbocycles. The van der Waals surface area contributed by atoms with E-state index in [1.54, 1.807) is 0 Å². The van der Waals surface area contributed by atoms with Crippen molar-refractivity contribution < 1.29 is 32.9 Å². The third-order valence-corrected chi connectivity index (χ3v) is 10.0. The number of aliphatic carboxylic acids is 1. The number of fused-ring (bicyclic) bond motifs is 8. The van der Waals surface area contributed by atoms with Gasteiger partial charge in [-0.1, -0.05) is 25.1 Å². The molecule has 0 amide bonds. The van der Waals surface area contributed by atoms with Gasteiger partial charge in [0.15, 0.2) is 17.7 Å². The lowest BCUT2D eigenvalue weighted by Gasteiger charge is -2.42. The lowest BCUT2D eigenvalue weighted by atomic mass is 9.91. The minimum absolute atomic E-state index is 0.218. The molecule has 4 aromatic rings. The number of imidazole rings is 1. The Morgan fingerprint density at radius 3 is 2.50 bits per heavy atom. The van der Waals surface area contributed by atoms with Gasteiger partial charge < -0.3 is 24.2 Å². The molecule has 1 saturated heterocycles. The fourth-order valence-electron chi connectivity index (χ4n) is 7.33. The van der Waals surface area contributed by atoms with Gasteiger partial charge in [0, 0.05) is 48.6 Å². The van der Waals surface area contributed by atoms with Crippen LogP contribution in [0.3, 0.4) is 0 Å². The third-order valence-electron chi connectivity index (χ3n) is 10.0. The molecule has 2 atom stereocenters. The third kappa shape index (κ3) is 7.23. The van der Waals surface area contributed by atoms with Crippen LogP contribution in [-0.4, -0.2) is 57.5 Å². The first-order valence-corrected chi connectivity index (χ1v) is 17.8. The van der Waals surface area contributed by atoms with Gasteiger partial charge in [-0.15, -0.1) is 0 Å². The van der Waals surface area contributed by atoms with Crippen LogP contribution in [0.2, 0.25) is 0 Å². The van der Waals surface area contributed by atoms with Crippen LogP contribution >= 0.6 is 0 Å². The van der Waals surface area contributed by atoms with E-state index in [1.807, 2.05) is 76.4 Å². The Morgan fingerprint density at radius 1 is 1.12 bits per heavy atom. The average Bonchev–Trinajstić information content (AvgIpc) is 3.49. The topological polar surface area (TPSA) is 85.5 Å². The van der Waals surface area contributed by atoms with Crippen LogP contribution in [0.5, 0.6) is 5.75 Å². The number of ether oxygens (including phenoxy) is 3. The van der Waals surface area contributed by atoms with E-state index in [9.17, 15) is 18.7 Å². The first kappa shape index (κ1) is 35.8. The van der Waals surface area contributed by atoms with E-state index in [4.69, 9.17) is 19.2 Å². The molecule has 0 saturated carbocycles. The fourth-order valence-corrected chi connectivity index (χ4v) is 7.33. The number of halogens is 2. The molecule has 2 aromatic heterocycles. The highest BCUT2D eigenvalue weighted by Crippen LogP contribution is 2.42. The molecule has 3 aliphatic rings. The van der Waals surface area contributed by atoms with Crippen molar-refractivity contribution in [3.8, 4) is 28.1 Å². The number of carboxylic acids is 1. The van der Waals surface area contributed by atoms with Crippen LogP contribution in [0.15, 0.2) is 42.6 Å². The van der Waals surface area contributed by atoms with Gasteiger partial charge in [-0.3, -0.25) is 4.40 Å². The number of piperidine rings is 1. The summed E-state index contributed by atoms with van der Waals surface area (Å²) in [5.74, 6) is -1.93. The molecule has 10 heteroatoms. The number of benzene rings is 2. The lowest BCUT2D eigenvalue weighted by Crippen LogP contribution is -2.45. The fraction of sp³-hybridized carbons (Fsp3) is 0.500. The van der Waals surface area contributed by atoms with Gasteiger partial charge in [-0.25, -0.2) is 18.6 Å². The summed E-state index contributed by atoms with van der Waals surface area (Å²) in [4.78, 5) is 20.4. The van der Waals surface area contributed by atoms with E-state index in [0.29, 0.717) is 48.5 Å². The Labute approximate surface area is 293 Å². The van der Waals surface area contributed by atoms with Crippen molar-refractivity contribution in [3.05, 3.63) is 70.9 Å². The van der Waals surface area contributed by atoms with E-state index in [0.717, 1.165) is 66.3 Å². The van der Waals surface area contributed by atoms with Crippen LogP contribution in [0.1, 0.15) is 96.4 Å². The minimum atomic E-state index is -1.21. The summed E-state index contributed by atoms with van der Waals surface area (Å²) in [7, 11) is 0. The first-order chi connectivity index (χ1) is 23.7. The number of rotatable bonds is 4. The second kappa shape index (κ2) is 13.9. The van der Waals surface area contributed by atoms with Crippen molar-refractivity contribution in [2.24, 2.45) is 0 Å². The number of carbonyl (C=O) groups is 1. The van der Waals surface area contributed by atoms with Crippen molar-refractivity contribution in [3.63, 3.8) is 0 Å². The zero-order valence-corrected chi connectivity index (χ0v) is 30.2. The highest BCUT2D eigenvalue weighted by molar-refractivity contribution is 5.82. The predicted molar refractivity (Wildman–Crippen MR) is 191 cm³/mol. The number of carboxylic acid groups (broad SMARTS) is 1. The zero-order valence-electron chi connectivity index (χ0n) is 30.2. The zero-order chi connectivity index (χ0) is 36.0. The van der Waals surface area contributed by atoms with Crippen LogP contribution in [0, 0.1) is 18.6 Å². The number of hydrogen-bond acceptors (Lipinski definition) is 6. The Kier molecular flexibility index (Phi) is 9.98. The quantitative estimate of drug-likeness (QED) is 0.229. The van der Waals surface area contributed by atoms with Crippen molar-refractivity contribution in [1.82, 2.24) is 9.38 Å². The monoisotopic (exact) mass is 689 g/mol. The molecule has 1 fully saturated rings. The second-order valence-corrected chi connectivity index (χ2v) is 15.0. The summed E-state index contributed by atoms with van der Waals surface area (Å²) >= 11 is 0. The Hall–Kier alpha value is -4.02. The maximum absolute atomic E-state index is 14.7. The maximum Gasteiger partial charge on any atom is 0.337 e. The molecule has 3 aliphatic heterocycles. The van der Waals surface area contributed by atoms with Gasteiger partial charge >= 0.3 is 5.97 Å². The van der Waals surface area contributed by atoms with Gasteiger partial charge in [0.05, 0.1) is 23.0 Å². The van der Waals surface area contributed by atoms with Gasteiger partial charge in [0.1, 0.15) is 17.2 Å². The molecule has 0 aliphatic carbocycles. The molecular weight excluding hydrogens is 640 g/mol. The van der Waals surface area contributed by atoms with Crippen molar-refractivity contribution in [2.45, 2.75) is 110 Å². The molecule has 2 unspecified atom stereocenters. The molecule has 50 heavy (non-hydrogen) atoms. The summed E-state index contributed by atoms with van der Waals surface area (Å²) in [5, 5.41) is 10.7.